The highest BCUT2D eigenvalue weighted by atomic mass is 28.3. The minimum atomic E-state index is -1.71. The summed E-state index contributed by atoms with van der Waals surface area (Å²) in [6.45, 7) is 9.55. The standard InChI is InChI=1S/C25H30N2O4Si/c1-5-25(30)19-12-20-22(23(28)18(19)14-31-24(25)29)27-13-17-15(9-10-32(2,3)4)7-6-8-16(17)11-21(27)26-20/h6-8,11,28,30H,5,9-10,12-14H2,1-4H3. The average Bonchev–Trinajstić information content (AvgIpc) is 3.10. The van der Waals surface area contributed by atoms with Crippen LogP contribution in [0.15, 0.2) is 29.3 Å². The van der Waals surface area contributed by atoms with Gasteiger partial charge in [-0.15, -0.1) is 0 Å². The van der Waals surface area contributed by atoms with Gasteiger partial charge in [-0.1, -0.05) is 50.8 Å². The highest BCUT2D eigenvalue weighted by Gasteiger charge is 2.47. The number of aliphatic hydroxyl groups is 2. The van der Waals surface area contributed by atoms with Crippen molar-refractivity contribution in [2.45, 2.75) is 64.0 Å². The first-order valence-corrected chi connectivity index (χ1v) is 15.1. The maximum absolute atomic E-state index is 12.3. The smallest absolute Gasteiger partial charge is 0.342 e. The molecule has 0 saturated heterocycles. The van der Waals surface area contributed by atoms with E-state index < -0.39 is 19.6 Å². The summed E-state index contributed by atoms with van der Waals surface area (Å²) in [5, 5.41) is 22.9. The molecule has 5 rings (SSSR count). The van der Waals surface area contributed by atoms with Crippen LogP contribution in [0, 0.1) is 0 Å². The molecule has 0 bridgehead atoms. The third kappa shape index (κ3) is 3.18. The molecule has 1 unspecified atom stereocenters. The summed E-state index contributed by atoms with van der Waals surface area (Å²) in [6, 6.07) is 7.68. The van der Waals surface area contributed by atoms with E-state index in [4.69, 9.17) is 9.72 Å². The number of aliphatic hydroxyl groups excluding tert-OH is 1. The highest BCUT2D eigenvalue weighted by Crippen LogP contribution is 2.36. The van der Waals surface area contributed by atoms with Crippen LogP contribution in [0.5, 0.6) is 0 Å². The second kappa shape index (κ2) is 7.18. The van der Waals surface area contributed by atoms with Gasteiger partial charge in [-0.2, -0.15) is 0 Å². The van der Waals surface area contributed by atoms with Gasteiger partial charge in [0.1, 0.15) is 23.2 Å². The van der Waals surface area contributed by atoms with Crippen molar-refractivity contribution in [2.24, 2.45) is 0 Å². The summed E-state index contributed by atoms with van der Waals surface area (Å²) in [7, 11) is -1.17. The van der Waals surface area contributed by atoms with Gasteiger partial charge < -0.3 is 19.5 Å². The van der Waals surface area contributed by atoms with Gasteiger partial charge in [0.15, 0.2) is 5.60 Å². The first-order chi connectivity index (χ1) is 15.1. The third-order valence-corrected chi connectivity index (χ3v) is 8.79. The Balaban J connectivity index is 1.63. The van der Waals surface area contributed by atoms with E-state index >= 15 is 0 Å². The Bertz CT molecular complexity index is 1300. The zero-order valence-corrected chi connectivity index (χ0v) is 20.2. The lowest BCUT2D eigenvalue weighted by Gasteiger charge is -2.35. The summed E-state index contributed by atoms with van der Waals surface area (Å²) >= 11 is 0. The minimum Gasteiger partial charge on any atom is -0.505 e. The Labute approximate surface area is 188 Å². The van der Waals surface area contributed by atoms with Crippen molar-refractivity contribution in [1.82, 2.24) is 9.55 Å². The monoisotopic (exact) mass is 450 g/mol. The van der Waals surface area contributed by atoms with Crippen molar-refractivity contribution in [3.8, 4) is 0 Å². The van der Waals surface area contributed by atoms with Crippen LogP contribution < -0.4 is 10.8 Å². The Morgan fingerprint density at radius 3 is 2.78 bits per heavy atom. The van der Waals surface area contributed by atoms with Gasteiger partial charge in [-0.05, 0) is 41.2 Å². The van der Waals surface area contributed by atoms with E-state index in [-0.39, 0.29) is 18.8 Å². The fourth-order valence-electron chi connectivity index (χ4n) is 5.05. The molecule has 0 spiro atoms. The SMILES string of the molecule is CCC1(O)C(=O)OCC2=C1Cc1nc3n(c1=C2O)Cc1c(cccc1CC[Si](C)(C)C)C=3. The molecule has 32 heavy (non-hydrogen) atoms. The predicted octanol–water partition coefficient (Wildman–Crippen LogP) is 2.17. The molecule has 0 fully saturated rings. The number of benzene rings is 1. The number of nitrogens with zero attached hydrogens (tertiary/aromatic N) is 2. The molecule has 0 radical (unpaired) electrons. The molecule has 1 aromatic carbocycles. The van der Waals surface area contributed by atoms with Crippen LogP contribution >= 0.6 is 0 Å². The summed E-state index contributed by atoms with van der Waals surface area (Å²) < 4.78 is 7.30. The molecular weight excluding hydrogens is 420 g/mol. The molecule has 168 valence electrons. The van der Waals surface area contributed by atoms with Gasteiger partial charge >= 0.3 is 5.97 Å². The quantitative estimate of drug-likeness (QED) is 0.470. The molecule has 2 N–H and O–H groups in total. The van der Waals surface area contributed by atoms with Crippen molar-refractivity contribution in [3.05, 3.63) is 62.6 Å². The van der Waals surface area contributed by atoms with Crippen molar-refractivity contribution < 1.29 is 19.7 Å². The Morgan fingerprint density at radius 2 is 2.06 bits per heavy atom. The van der Waals surface area contributed by atoms with Crippen LogP contribution in [0.1, 0.15) is 35.7 Å². The lowest BCUT2D eigenvalue weighted by molar-refractivity contribution is -0.163. The number of fused-ring (bicyclic) bond motifs is 4. The molecule has 3 heterocycles. The topological polar surface area (TPSA) is 84.6 Å². The second-order valence-electron chi connectivity index (χ2n) is 10.3. The molecular formula is C25H30N2O4Si. The number of rotatable bonds is 4. The molecule has 1 aromatic heterocycles. The molecule has 1 atom stereocenters. The molecule has 2 aliphatic heterocycles. The summed E-state index contributed by atoms with van der Waals surface area (Å²) in [5.41, 5.74) is 4.64. The van der Waals surface area contributed by atoms with Gasteiger partial charge in [0.2, 0.25) is 0 Å². The zero-order valence-electron chi connectivity index (χ0n) is 19.2. The maximum atomic E-state index is 12.3. The van der Waals surface area contributed by atoms with Crippen LogP contribution in [-0.4, -0.2) is 46.0 Å². The Morgan fingerprint density at radius 1 is 1.28 bits per heavy atom. The van der Waals surface area contributed by atoms with Gasteiger partial charge in [-0.25, -0.2) is 9.78 Å². The summed E-state index contributed by atoms with van der Waals surface area (Å²) in [4.78, 5) is 17.1. The number of aromatic nitrogens is 2. The fourth-order valence-corrected chi connectivity index (χ4v) is 6.07. The second-order valence-corrected chi connectivity index (χ2v) is 15.9. The third-order valence-electron chi connectivity index (χ3n) is 7.04. The molecule has 7 heteroatoms. The number of imidazole rings is 1. The largest absolute Gasteiger partial charge is 0.505 e. The molecule has 0 amide bonds. The normalized spacial score (nSPS) is 21.9. The summed E-state index contributed by atoms with van der Waals surface area (Å²) in [6.07, 6.45) is 3.66. The number of hydrogen-bond acceptors (Lipinski definition) is 5. The molecule has 6 nitrogen and oxygen atoms in total. The van der Waals surface area contributed by atoms with Gasteiger partial charge in [-0.3, -0.25) is 0 Å². The van der Waals surface area contributed by atoms with E-state index in [9.17, 15) is 15.0 Å². The zero-order chi connectivity index (χ0) is 22.8. The van der Waals surface area contributed by atoms with Crippen molar-refractivity contribution in [1.29, 1.82) is 0 Å². The van der Waals surface area contributed by atoms with E-state index in [1.807, 2.05) is 0 Å². The van der Waals surface area contributed by atoms with Crippen LogP contribution in [0.4, 0.5) is 0 Å². The van der Waals surface area contributed by atoms with Gasteiger partial charge in [0, 0.05) is 20.1 Å². The summed E-state index contributed by atoms with van der Waals surface area (Å²) in [5.74, 6) is -0.583. The molecule has 2 aromatic rings. The van der Waals surface area contributed by atoms with Crippen molar-refractivity contribution in [2.75, 3.05) is 6.61 Å². The average molecular weight is 451 g/mol. The van der Waals surface area contributed by atoms with Crippen molar-refractivity contribution in [3.63, 3.8) is 0 Å². The number of esters is 1. The molecule has 1 aliphatic carbocycles. The van der Waals surface area contributed by atoms with Crippen molar-refractivity contribution >= 4 is 25.9 Å². The fraction of sp³-hybridized carbons (Fsp3) is 0.440. The Hall–Kier alpha value is -2.64. The van der Waals surface area contributed by atoms with Gasteiger partial charge in [0.05, 0.1) is 12.2 Å². The first kappa shape index (κ1) is 21.2. The number of carbonyl (C=O) groups excluding carboxylic acids is 1. The lowest BCUT2D eigenvalue weighted by Crippen LogP contribution is -2.49. The van der Waals surface area contributed by atoms with E-state index in [1.165, 1.54) is 22.7 Å². The van der Waals surface area contributed by atoms with Crippen LogP contribution in [0.25, 0.3) is 11.8 Å². The maximum Gasteiger partial charge on any atom is 0.342 e. The number of cyclic esters (lactones) is 1. The van der Waals surface area contributed by atoms with Crippen LogP contribution in [-0.2, 0) is 28.9 Å². The Kier molecular flexibility index (Phi) is 4.76. The number of ether oxygens (including phenoxy) is 1. The molecule has 0 saturated carbocycles. The molecule has 3 aliphatic rings. The number of aryl methyl sites for hydroxylation is 1. The van der Waals surface area contributed by atoms with Gasteiger partial charge in [0.25, 0.3) is 0 Å². The van der Waals surface area contributed by atoms with E-state index in [0.29, 0.717) is 35.2 Å². The highest BCUT2D eigenvalue weighted by molar-refractivity contribution is 6.76. The van der Waals surface area contributed by atoms with E-state index in [1.54, 1.807) is 6.92 Å². The van der Waals surface area contributed by atoms with Crippen LogP contribution in [0.3, 0.4) is 0 Å². The lowest BCUT2D eigenvalue weighted by atomic mass is 9.80. The number of hydrogen-bond donors (Lipinski definition) is 2. The number of carbonyl (C=O) groups is 1. The predicted molar refractivity (Wildman–Crippen MR) is 125 cm³/mol. The first-order valence-electron chi connectivity index (χ1n) is 11.4. The van der Waals surface area contributed by atoms with E-state index in [2.05, 4.69) is 48.5 Å². The van der Waals surface area contributed by atoms with Crippen LogP contribution in [0.2, 0.25) is 25.7 Å². The van der Waals surface area contributed by atoms with E-state index in [0.717, 1.165) is 11.9 Å². The minimum absolute atomic E-state index is 0.0238.